The fourth-order valence-corrected chi connectivity index (χ4v) is 3.92. The van der Waals surface area contributed by atoms with Crippen LogP contribution in [0.1, 0.15) is 31.6 Å². The molecule has 2 aromatic carbocycles. The maximum atomic E-state index is 6.30. The monoisotopic (exact) mass is 420 g/mol. The molecule has 1 aliphatic rings. The van der Waals surface area contributed by atoms with Gasteiger partial charge in [-0.2, -0.15) is 4.98 Å². The van der Waals surface area contributed by atoms with Crippen molar-refractivity contribution < 1.29 is 9.47 Å². The van der Waals surface area contributed by atoms with Crippen LogP contribution in [0.15, 0.2) is 66.3 Å². The number of rotatable bonds is 8. The van der Waals surface area contributed by atoms with Gasteiger partial charge in [0.05, 0.1) is 0 Å². The number of hydrogen-bond donors (Lipinski definition) is 1. The van der Waals surface area contributed by atoms with Gasteiger partial charge < -0.3 is 14.8 Å². The first-order valence-corrected chi connectivity index (χ1v) is 11.0. The molecule has 2 heterocycles. The maximum Gasteiger partial charge on any atom is 0.247 e. The van der Waals surface area contributed by atoms with Crippen molar-refractivity contribution in [2.24, 2.45) is 0 Å². The van der Waals surface area contributed by atoms with Crippen LogP contribution in [0.3, 0.4) is 0 Å². The smallest absolute Gasteiger partial charge is 0.247 e. The maximum absolute atomic E-state index is 6.30. The molecule has 3 aromatic rings. The third-order valence-electron chi connectivity index (χ3n) is 4.61. The number of fused-ring (bicyclic) bond motifs is 3. The van der Waals surface area contributed by atoms with Crippen LogP contribution >= 0.6 is 11.8 Å². The van der Waals surface area contributed by atoms with Gasteiger partial charge in [-0.1, -0.05) is 56.0 Å². The van der Waals surface area contributed by atoms with E-state index in [0.29, 0.717) is 23.3 Å². The Labute approximate surface area is 180 Å². The van der Waals surface area contributed by atoms with Crippen LogP contribution in [0.25, 0.3) is 11.3 Å². The highest BCUT2D eigenvalue weighted by Gasteiger charge is 2.26. The zero-order chi connectivity index (χ0) is 20.8. The third-order valence-corrected chi connectivity index (χ3v) is 5.54. The Morgan fingerprint density at radius 3 is 2.80 bits per heavy atom. The van der Waals surface area contributed by atoms with E-state index in [9.17, 15) is 0 Å². The predicted octanol–water partition coefficient (Wildman–Crippen LogP) is 5.50. The van der Waals surface area contributed by atoms with Crippen LogP contribution in [-0.2, 0) is 0 Å². The molecule has 0 unspecified atom stereocenters. The Balaban J connectivity index is 1.65. The fourth-order valence-electron chi connectivity index (χ4n) is 3.06. The van der Waals surface area contributed by atoms with Crippen LogP contribution in [-0.4, -0.2) is 27.5 Å². The second kappa shape index (κ2) is 9.63. The summed E-state index contributed by atoms with van der Waals surface area (Å²) in [6.07, 6.45) is 3.55. The molecule has 1 atom stereocenters. The van der Waals surface area contributed by atoms with Gasteiger partial charge in [-0.3, -0.25) is 0 Å². The highest BCUT2D eigenvalue weighted by molar-refractivity contribution is 7.99. The van der Waals surface area contributed by atoms with E-state index in [4.69, 9.17) is 9.47 Å². The van der Waals surface area contributed by atoms with E-state index in [1.54, 1.807) is 17.8 Å². The standard InChI is InChI=1S/C23H24N4O2S/c1-3-5-15-30-23-25-22-20(26-27-23)18-8-6-7-9-19(18)24-21(29-22)16-10-12-17(13-11-16)28-14-4-2/h4,6-13,21,24H,2-3,5,14-15H2,1H3/t21-/m0/s1. The minimum absolute atomic E-state index is 0.411. The number of nitrogens with one attached hydrogen (secondary N) is 1. The van der Waals surface area contributed by atoms with Gasteiger partial charge in [-0.25, -0.2) is 0 Å². The van der Waals surface area contributed by atoms with Crippen LogP contribution in [0.4, 0.5) is 5.69 Å². The number of para-hydroxylation sites is 1. The van der Waals surface area contributed by atoms with Gasteiger partial charge in [-0.05, 0) is 36.8 Å². The third kappa shape index (κ3) is 4.57. The first kappa shape index (κ1) is 20.2. The molecule has 0 spiro atoms. The van der Waals surface area contributed by atoms with Crippen molar-refractivity contribution in [3.8, 4) is 22.9 Å². The van der Waals surface area contributed by atoms with E-state index in [-0.39, 0.29) is 0 Å². The molecule has 0 saturated heterocycles. The first-order valence-electron chi connectivity index (χ1n) is 10.0. The van der Waals surface area contributed by atoms with Crippen molar-refractivity contribution in [3.63, 3.8) is 0 Å². The summed E-state index contributed by atoms with van der Waals surface area (Å²) in [7, 11) is 0. The van der Waals surface area contributed by atoms with Crippen LogP contribution in [0.5, 0.6) is 11.6 Å². The molecule has 7 heteroatoms. The first-order chi connectivity index (χ1) is 14.8. The second-order valence-electron chi connectivity index (χ2n) is 6.81. The molecule has 30 heavy (non-hydrogen) atoms. The van der Waals surface area contributed by atoms with Crippen molar-refractivity contribution in [3.05, 3.63) is 66.7 Å². The molecule has 1 N–H and O–H groups in total. The van der Waals surface area contributed by atoms with Gasteiger partial charge in [0.25, 0.3) is 0 Å². The van der Waals surface area contributed by atoms with Crippen LogP contribution in [0, 0.1) is 0 Å². The van der Waals surface area contributed by atoms with E-state index in [2.05, 4.69) is 34.0 Å². The molecule has 154 valence electrons. The fraction of sp³-hybridized carbons (Fsp3) is 0.261. The molecule has 6 nitrogen and oxygen atoms in total. The topological polar surface area (TPSA) is 69.2 Å². The molecular formula is C23H24N4O2S. The molecule has 0 saturated carbocycles. The number of anilines is 1. The van der Waals surface area contributed by atoms with Gasteiger partial charge >= 0.3 is 0 Å². The van der Waals surface area contributed by atoms with Crippen molar-refractivity contribution in [1.82, 2.24) is 15.2 Å². The van der Waals surface area contributed by atoms with Crippen molar-refractivity contribution >= 4 is 17.4 Å². The van der Waals surface area contributed by atoms with Crippen LogP contribution in [0.2, 0.25) is 0 Å². The van der Waals surface area contributed by atoms with Crippen LogP contribution < -0.4 is 14.8 Å². The minimum atomic E-state index is -0.411. The summed E-state index contributed by atoms with van der Waals surface area (Å²) in [5.41, 5.74) is 3.45. The lowest BCUT2D eigenvalue weighted by atomic mass is 10.1. The molecule has 1 aliphatic heterocycles. The van der Waals surface area contributed by atoms with Crippen molar-refractivity contribution in [2.45, 2.75) is 31.1 Å². The van der Waals surface area contributed by atoms with E-state index in [1.165, 1.54) is 0 Å². The average Bonchev–Trinajstić information content (AvgIpc) is 2.95. The molecule has 0 bridgehead atoms. The summed E-state index contributed by atoms with van der Waals surface area (Å²) in [5.74, 6) is 2.23. The molecule has 4 rings (SSSR count). The van der Waals surface area contributed by atoms with Gasteiger partial charge in [-0.15, -0.1) is 10.2 Å². The van der Waals surface area contributed by atoms with E-state index < -0.39 is 6.23 Å². The molecule has 0 amide bonds. The number of ether oxygens (including phenoxy) is 2. The Morgan fingerprint density at radius 2 is 2.00 bits per heavy atom. The highest BCUT2D eigenvalue weighted by Crippen LogP contribution is 2.39. The average molecular weight is 421 g/mol. The van der Waals surface area contributed by atoms with Crippen molar-refractivity contribution in [1.29, 1.82) is 0 Å². The Morgan fingerprint density at radius 1 is 1.17 bits per heavy atom. The number of benzene rings is 2. The SMILES string of the molecule is C=CCOc1ccc([C@H]2Nc3ccccc3-c3nnc(SCCCC)nc3O2)cc1. The molecule has 0 fully saturated rings. The van der Waals surface area contributed by atoms with E-state index in [0.717, 1.165) is 41.2 Å². The number of nitrogens with zero attached hydrogens (tertiary/aromatic N) is 3. The quantitative estimate of drug-likeness (QED) is 0.293. The number of hydrogen-bond acceptors (Lipinski definition) is 7. The van der Waals surface area contributed by atoms with Gasteiger partial charge in [0.15, 0.2) is 11.9 Å². The van der Waals surface area contributed by atoms with Gasteiger partial charge in [0.2, 0.25) is 11.0 Å². The summed E-state index contributed by atoms with van der Waals surface area (Å²) < 4.78 is 11.9. The zero-order valence-corrected chi connectivity index (χ0v) is 17.7. The summed E-state index contributed by atoms with van der Waals surface area (Å²) in [5, 5.41) is 12.9. The van der Waals surface area contributed by atoms with E-state index in [1.807, 2.05) is 48.5 Å². The largest absolute Gasteiger partial charge is 0.490 e. The Hall–Kier alpha value is -3.06. The highest BCUT2D eigenvalue weighted by atomic mass is 32.2. The zero-order valence-electron chi connectivity index (χ0n) is 16.9. The Bertz CT molecular complexity index is 1010. The molecule has 0 radical (unpaired) electrons. The predicted molar refractivity (Wildman–Crippen MR) is 120 cm³/mol. The van der Waals surface area contributed by atoms with Gasteiger partial charge in [0.1, 0.15) is 12.4 Å². The molecular weight excluding hydrogens is 396 g/mol. The summed E-state index contributed by atoms with van der Waals surface area (Å²) in [6, 6.07) is 15.8. The second-order valence-corrected chi connectivity index (χ2v) is 7.87. The normalized spacial score (nSPS) is 14.5. The van der Waals surface area contributed by atoms with E-state index >= 15 is 0 Å². The van der Waals surface area contributed by atoms with Gasteiger partial charge in [0, 0.05) is 22.6 Å². The summed E-state index contributed by atoms with van der Waals surface area (Å²) in [6.45, 7) is 6.31. The lowest BCUT2D eigenvalue weighted by Gasteiger charge is -2.19. The lowest BCUT2D eigenvalue weighted by Crippen LogP contribution is -2.17. The summed E-state index contributed by atoms with van der Waals surface area (Å²) >= 11 is 1.60. The minimum Gasteiger partial charge on any atom is -0.490 e. The number of thioether (sulfide) groups is 1. The van der Waals surface area contributed by atoms with Crippen molar-refractivity contribution in [2.75, 3.05) is 17.7 Å². The Kier molecular flexibility index (Phi) is 6.49. The molecule has 1 aromatic heterocycles. The lowest BCUT2D eigenvalue weighted by molar-refractivity contribution is 0.225. The number of aromatic nitrogens is 3. The number of unbranched alkanes of at least 4 members (excludes halogenated alkanes) is 1. The summed E-state index contributed by atoms with van der Waals surface area (Å²) in [4.78, 5) is 4.67. The molecule has 0 aliphatic carbocycles.